The molecule has 1 aliphatic carbocycles. The van der Waals surface area contributed by atoms with Gasteiger partial charge in [0.15, 0.2) is 0 Å². The smallest absolute Gasteiger partial charge is 0.123 e. The van der Waals surface area contributed by atoms with Crippen molar-refractivity contribution >= 4 is 0 Å². The molecule has 1 nitrogen and oxygen atoms in total. The molecular formula is C16H24FN. The molecule has 1 fully saturated rings. The molecule has 0 heterocycles. The summed E-state index contributed by atoms with van der Waals surface area (Å²) < 4.78 is 12.9. The van der Waals surface area contributed by atoms with Crippen LogP contribution in [-0.2, 0) is 0 Å². The lowest BCUT2D eigenvalue weighted by atomic mass is 9.84. The molecule has 3 atom stereocenters. The lowest BCUT2D eigenvalue weighted by Crippen LogP contribution is -2.35. The summed E-state index contributed by atoms with van der Waals surface area (Å²) in [5, 5.41) is 3.70. The van der Waals surface area contributed by atoms with Gasteiger partial charge >= 0.3 is 0 Å². The molecule has 1 saturated carbocycles. The highest BCUT2D eigenvalue weighted by molar-refractivity contribution is 5.19. The van der Waals surface area contributed by atoms with Gasteiger partial charge in [-0.05, 0) is 43.4 Å². The number of nitrogens with one attached hydrogen (secondary N) is 1. The Morgan fingerprint density at radius 1 is 1.28 bits per heavy atom. The SMILES string of the molecule is CCC1CCCC(N[C@@H](C)c2ccc(F)cc2)C1. The lowest BCUT2D eigenvalue weighted by molar-refractivity contribution is 0.266. The number of hydrogen-bond donors (Lipinski definition) is 1. The van der Waals surface area contributed by atoms with E-state index in [2.05, 4.69) is 19.2 Å². The van der Waals surface area contributed by atoms with E-state index in [0.717, 1.165) is 5.92 Å². The minimum absolute atomic E-state index is 0.158. The number of benzene rings is 1. The van der Waals surface area contributed by atoms with E-state index in [9.17, 15) is 4.39 Å². The van der Waals surface area contributed by atoms with Crippen molar-refractivity contribution in [1.29, 1.82) is 0 Å². The Morgan fingerprint density at radius 2 is 2.00 bits per heavy atom. The predicted molar refractivity (Wildman–Crippen MR) is 74.0 cm³/mol. The van der Waals surface area contributed by atoms with Gasteiger partial charge in [0, 0.05) is 12.1 Å². The Hall–Kier alpha value is -0.890. The Labute approximate surface area is 110 Å². The minimum atomic E-state index is -0.158. The maximum Gasteiger partial charge on any atom is 0.123 e. The first-order valence-electron chi connectivity index (χ1n) is 7.20. The molecule has 1 aromatic rings. The van der Waals surface area contributed by atoms with Gasteiger partial charge in [0.1, 0.15) is 5.82 Å². The maximum atomic E-state index is 12.9. The average molecular weight is 249 g/mol. The van der Waals surface area contributed by atoms with Crippen LogP contribution in [0.2, 0.25) is 0 Å². The van der Waals surface area contributed by atoms with Gasteiger partial charge in [0.25, 0.3) is 0 Å². The third-order valence-corrected chi connectivity index (χ3v) is 4.22. The van der Waals surface area contributed by atoms with Gasteiger partial charge in [-0.1, -0.05) is 38.3 Å². The topological polar surface area (TPSA) is 12.0 Å². The van der Waals surface area contributed by atoms with E-state index in [0.29, 0.717) is 12.1 Å². The summed E-state index contributed by atoms with van der Waals surface area (Å²) >= 11 is 0. The molecule has 0 aliphatic heterocycles. The second-order valence-corrected chi connectivity index (χ2v) is 5.58. The van der Waals surface area contributed by atoms with Crippen LogP contribution < -0.4 is 5.32 Å². The van der Waals surface area contributed by atoms with Gasteiger partial charge in [0.2, 0.25) is 0 Å². The zero-order valence-corrected chi connectivity index (χ0v) is 11.5. The van der Waals surface area contributed by atoms with Crippen LogP contribution in [0.4, 0.5) is 4.39 Å². The molecule has 0 amide bonds. The van der Waals surface area contributed by atoms with E-state index in [1.54, 1.807) is 12.1 Å². The van der Waals surface area contributed by atoms with Crippen molar-refractivity contribution in [3.63, 3.8) is 0 Å². The normalized spacial score (nSPS) is 25.9. The maximum absolute atomic E-state index is 12.9. The summed E-state index contributed by atoms with van der Waals surface area (Å²) in [5.74, 6) is 0.728. The van der Waals surface area contributed by atoms with Crippen molar-refractivity contribution in [3.05, 3.63) is 35.6 Å². The largest absolute Gasteiger partial charge is 0.307 e. The third kappa shape index (κ3) is 3.55. The molecule has 100 valence electrons. The van der Waals surface area contributed by atoms with Gasteiger partial charge < -0.3 is 5.32 Å². The number of halogens is 1. The highest BCUT2D eigenvalue weighted by Crippen LogP contribution is 2.28. The van der Waals surface area contributed by atoms with Gasteiger partial charge in [-0.2, -0.15) is 0 Å². The molecule has 0 aromatic heterocycles. The van der Waals surface area contributed by atoms with Crippen LogP contribution in [-0.4, -0.2) is 6.04 Å². The molecule has 1 aromatic carbocycles. The number of rotatable bonds is 4. The van der Waals surface area contributed by atoms with Crippen LogP contribution >= 0.6 is 0 Å². The summed E-state index contributed by atoms with van der Waals surface area (Å²) in [5.41, 5.74) is 1.18. The van der Waals surface area contributed by atoms with E-state index in [-0.39, 0.29) is 5.82 Å². The van der Waals surface area contributed by atoms with Crippen LogP contribution in [0.5, 0.6) is 0 Å². The predicted octanol–water partition coefficient (Wildman–Crippen LogP) is 4.45. The fourth-order valence-corrected chi connectivity index (χ4v) is 3.01. The molecule has 1 N–H and O–H groups in total. The summed E-state index contributed by atoms with van der Waals surface area (Å²) in [7, 11) is 0. The molecule has 0 spiro atoms. The second kappa shape index (κ2) is 6.33. The quantitative estimate of drug-likeness (QED) is 0.831. The highest BCUT2D eigenvalue weighted by atomic mass is 19.1. The molecule has 2 unspecified atom stereocenters. The van der Waals surface area contributed by atoms with Crippen LogP contribution in [0.3, 0.4) is 0 Å². The van der Waals surface area contributed by atoms with Crippen LogP contribution in [0.1, 0.15) is 57.6 Å². The molecular weight excluding hydrogens is 225 g/mol. The molecule has 0 radical (unpaired) electrons. The van der Waals surface area contributed by atoms with E-state index in [1.165, 1.54) is 37.7 Å². The van der Waals surface area contributed by atoms with Crippen molar-refractivity contribution in [2.24, 2.45) is 5.92 Å². The Bertz CT molecular complexity index is 360. The van der Waals surface area contributed by atoms with Crippen molar-refractivity contribution in [2.45, 2.75) is 58.0 Å². The van der Waals surface area contributed by atoms with E-state index < -0.39 is 0 Å². The first kappa shape index (κ1) is 13.5. The van der Waals surface area contributed by atoms with Crippen molar-refractivity contribution in [1.82, 2.24) is 5.32 Å². The van der Waals surface area contributed by atoms with Gasteiger partial charge in [-0.25, -0.2) is 4.39 Å². The van der Waals surface area contributed by atoms with Gasteiger partial charge in [0.05, 0.1) is 0 Å². The molecule has 0 saturated heterocycles. The van der Waals surface area contributed by atoms with E-state index in [1.807, 2.05) is 12.1 Å². The monoisotopic (exact) mass is 249 g/mol. The van der Waals surface area contributed by atoms with E-state index >= 15 is 0 Å². The second-order valence-electron chi connectivity index (χ2n) is 5.58. The van der Waals surface area contributed by atoms with Crippen LogP contribution in [0.25, 0.3) is 0 Å². The Kier molecular flexibility index (Phi) is 4.76. The summed E-state index contributed by atoms with van der Waals surface area (Å²) in [4.78, 5) is 0. The number of hydrogen-bond acceptors (Lipinski definition) is 1. The molecule has 2 heteroatoms. The summed E-state index contributed by atoms with van der Waals surface area (Å²) in [6, 6.07) is 7.79. The first-order chi connectivity index (χ1) is 8.69. The van der Waals surface area contributed by atoms with Gasteiger partial charge in [-0.3, -0.25) is 0 Å². The van der Waals surface area contributed by atoms with Crippen LogP contribution in [0, 0.1) is 11.7 Å². The standard InChI is InChI=1S/C16H24FN/c1-3-13-5-4-6-16(11-13)18-12(2)14-7-9-15(17)10-8-14/h7-10,12-13,16,18H,3-6,11H2,1-2H3/t12-,13?,16?/m0/s1. The Morgan fingerprint density at radius 3 is 2.67 bits per heavy atom. The highest BCUT2D eigenvalue weighted by Gasteiger charge is 2.22. The van der Waals surface area contributed by atoms with Crippen molar-refractivity contribution in [3.8, 4) is 0 Å². The van der Waals surface area contributed by atoms with E-state index in [4.69, 9.17) is 0 Å². The molecule has 18 heavy (non-hydrogen) atoms. The fourth-order valence-electron chi connectivity index (χ4n) is 3.01. The average Bonchev–Trinajstić information content (AvgIpc) is 2.39. The Balaban J connectivity index is 1.90. The molecule has 0 bridgehead atoms. The molecule has 1 aliphatic rings. The van der Waals surface area contributed by atoms with Gasteiger partial charge in [-0.15, -0.1) is 0 Å². The lowest BCUT2D eigenvalue weighted by Gasteiger charge is -2.31. The summed E-state index contributed by atoms with van der Waals surface area (Å²) in [6.45, 7) is 4.46. The summed E-state index contributed by atoms with van der Waals surface area (Å²) in [6.07, 6.45) is 6.60. The minimum Gasteiger partial charge on any atom is -0.307 e. The van der Waals surface area contributed by atoms with Crippen molar-refractivity contribution < 1.29 is 4.39 Å². The molecule has 2 rings (SSSR count). The van der Waals surface area contributed by atoms with Crippen LogP contribution in [0.15, 0.2) is 24.3 Å². The zero-order valence-electron chi connectivity index (χ0n) is 11.5. The first-order valence-corrected chi connectivity index (χ1v) is 7.20. The zero-order chi connectivity index (χ0) is 13.0. The third-order valence-electron chi connectivity index (χ3n) is 4.22. The fraction of sp³-hybridized carbons (Fsp3) is 0.625. The van der Waals surface area contributed by atoms with Crippen molar-refractivity contribution in [2.75, 3.05) is 0 Å².